The number of nitrogens with zero attached hydrogens (tertiary/aromatic N) is 3. The molecule has 9 heteroatoms. The molecule has 0 saturated carbocycles. The standard InChI is InChI=1S/C19H21F3N4O2/c1-11(2)26-14-4-3-12(7-13(14)24-17(26)19(20,21)22)16(28)25-6-5-18(10-25)8-15(27)23-9-18/h3-4,7,11H,5-6,8-10H2,1-2H3,(H,23,27). The number of rotatable bonds is 2. The lowest BCUT2D eigenvalue weighted by molar-refractivity contribution is -0.147. The number of alkyl halides is 3. The number of likely N-dealkylation sites (tertiary alicyclic amines) is 1. The van der Waals surface area contributed by atoms with E-state index in [0.717, 1.165) is 11.0 Å². The van der Waals surface area contributed by atoms with Crippen LogP contribution < -0.4 is 5.32 Å². The third-order valence-electron chi connectivity index (χ3n) is 5.63. The fraction of sp³-hybridized carbons (Fsp3) is 0.526. The highest BCUT2D eigenvalue weighted by Gasteiger charge is 2.45. The molecular weight excluding hydrogens is 373 g/mol. The number of imidazole rings is 1. The minimum Gasteiger partial charge on any atom is -0.355 e. The Kier molecular flexibility index (Phi) is 4.17. The van der Waals surface area contributed by atoms with Crippen LogP contribution in [0.4, 0.5) is 13.2 Å². The van der Waals surface area contributed by atoms with Gasteiger partial charge in [-0.25, -0.2) is 4.98 Å². The van der Waals surface area contributed by atoms with Gasteiger partial charge in [0.25, 0.3) is 5.91 Å². The predicted octanol–water partition coefficient (Wildman–Crippen LogP) is 2.99. The summed E-state index contributed by atoms with van der Waals surface area (Å²) in [5.41, 5.74) is 0.587. The number of fused-ring (bicyclic) bond motifs is 1. The third-order valence-corrected chi connectivity index (χ3v) is 5.63. The number of hydrogen-bond acceptors (Lipinski definition) is 3. The van der Waals surface area contributed by atoms with Gasteiger partial charge in [-0.2, -0.15) is 13.2 Å². The normalized spacial score (nSPS) is 22.6. The molecule has 1 N–H and O–H groups in total. The van der Waals surface area contributed by atoms with E-state index >= 15 is 0 Å². The second-order valence-electron chi connectivity index (χ2n) is 8.03. The van der Waals surface area contributed by atoms with Crippen LogP contribution >= 0.6 is 0 Å². The summed E-state index contributed by atoms with van der Waals surface area (Å²) < 4.78 is 41.2. The van der Waals surface area contributed by atoms with Crippen molar-refractivity contribution in [2.45, 2.75) is 38.9 Å². The van der Waals surface area contributed by atoms with Crippen molar-refractivity contribution in [3.8, 4) is 0 Å². The quantitative estimate of drug-likeness (QED) is 0.852. The van der Waals surface area contributed by atoms with Crippen molar-refractivity contribution in [1.82, 2.24) is 19.8 Å². The van der Waals surface area contributed by atoms with Gasteiger partial charge in [-0.05, 0) is 38.5 Å². The number of amides is 2. The molecule has 6 nitrogen and oxygen atoms in total. The molecular formula is C19H21F3N4O2. The maximum atomic E-state index is 13.4. The lowest BCUT2D eigenvalue weighted by Gasteiger charge is -2.22. The Morgan fingerprint density at radius 1 is 1.32 bits per heavy atom. The highest BCUT2D eigenvalue weighted by Crippen LogP contribution is 2.38. The second kappa shape index (κ2) is 6.22. The molecule has 28 heavy (non-hydrogen) atoms. The molecule has 2 aliphatic heterocycles. The zero-order chi connectivity index (χ0) is 20.3. The number of carbonyl (C=O) groups excluding carboxylic acids is 2. The Morgan fingerprint density at radius 2 is 2.07 bits per heavy atom. The number of carbonyl (C=O) groups is 2. The van der Waals surface area contributed by atoms with E-state index in [1.54, 1.807) is 24.8 Å². The smallest absolute Gasteiger partial charge is 0.355 e. The summed E-state index contributed by atoms with van der Waals surface area (Å²) >= 11 is 0. The molecule has 2 fully saturated rings. The number of hydrogen-bond donors (Lipinski definition) is 1. The lowest BCUT2D eigenvalue weighted by atomic mass is 9.86. The second-order valence-corrected chi connectivity index (χ2v) is 8.03. The molecule has 3 heterocycles. The van der Waals surface area contributed by atoms with Crippen LogP contribution in [0.25, 0.3) is 11.0 Å². The van der Waals surface area contributed by atoms with E-state index < -0.39 is 18.0 Å². The van der Waals surface area contributed by atoms with Crippen molar-refractivity contribution >= 4 is 22.8 Å². The molecule has 2 aromatic rings. The van der Waals surface area contributed by atoms with Gasteiger partial charge in [0.1, 0.15) is 0 Å². The first-order valence-electron chi connectivity index (χ1n) is 9.25. The van der Waals surface area contributed by atoms with Crippen molar-refractivity contribution in [1.29, 1.82) is 0 Å². The Morgan fingerprint density at radius 3 is 2.68 bits per heavy atom. The summed E-state index contributed by atoms with van der Waals surface area (Å²) in [4.78, 5) is 29.9. The summed E-state index contributed by atoms with van der Waals surface area (Å²) in [7, 11) is 0. The average molecular weight is 394 g/mol. The van der Waals surface area contributed by atoms with E-state index in [4.69, 9.17) is 0 Å². The van der Waals surface area contributed by atoms with Crippen molar-refractivity contribution in [3.63, 3.8) is 0 Å². The summed E-state index contributed by atoms with van der Waals surface area (Å²) in [6.07, 6.45) is -3.43. The fourth-order valence-electron chi connectivity index (χ4n) is 4.29. The van der Waals surface area contributed by atoms with E-state index in [1.165, 1.54) is 12.1 Å². The van der Waals surface area contributed by atoms with Crippen LogP contribution in [0.3, 0.4) is 0 Å². The summed E-state index contributed by atoms with van der Waals surface area (Å²) in [5, 5.41) is 2.81. The van der Waals surface area contributed by atoms with Gasteiger partial charge in [0, 0.05) is 43.1 Å². The summed E-state index contributed by atoms with van der Waals surface area (Å²) in [5.74, 6) is -1.21. The molecule has 0 aliphatic carbocycles. The molecule has 4 rings (SSSR count). The highest BCUT2D eigenvalue weighted by atomic mass is 19.4. The molecule has 1 aromatic carbocycles. The first-order chi connectivity index (χ1) is 13.1. The maximum Gasteiger partial charge on any atom is 0.449 e. The highest BCUT2D eigenvalue weighted by molar-refractivity contribution is 5.97. The Hall–Kier alpha value is -2.58. The first kappa shape index (κ1) is 18.8. The monoisotopic (exact) mass is 394 g/mol. The third kappa shape index (κ3) is 3.02. The van der Waals surface area contributed by atoms with E-state index in [0.29, 0.717) is 37.1 Å². The van der Waals surface area contributed by atoms with E-state index in [9.17, 15) is 22.8 Å². The van der Waals surface area contributed by atoms with Gasteiger partial charge in [-0.3, -0.25) is 9.59 Å². The Labute approximate surface area is 159 Å². The SMILES string of the molecule is CC(C)n1c(C(F)(F)F)nc2cc(C(=O)N3CCC4(CNC(=O)C4)C3)ccc21. The van der Waals surface area contributed by atoms with Crippen LogP contribution in [0.15, 0.2) is 18.2 Å². The molecule has 1 atom stereocenters. The van der Waals surface area contributed by atoms with E-state index in [-0.39, 0.29) is 22.7 Å². The molecule has 150 valence electrons. The predicted molar refractivity (Wildman–Crippen MR) is 95.7 cm³/mol. The van der Waals surface area contributed by atoms with Crippen LogP contribution in [0, 0.1) is 5.41 Å². The lowest BCUT2D eigenvalue weighted by Crippen LogP contribution is -2.33. The Bertz CT molecular complexity index is 966. The van der Waals surface area contributed by atoms with Crippen LogP contribution in [0.5, 0.6) is 0 Å². The van der Waals surface area contributed by atoms with E-state index in [1.807, 2.05) is 0 Å². The van der Waals surface area contributed by atoms with Crippen LogP contribution in [-0.2, 0) is 11.0 Å². The number of halogens is 3. The first-order valence-corrected chi connectivity index (χ1v) is 9.25. The van der Waals surface area contributed by atoms with Gasteiger partial charge in [-0.1, -0.05) is 0 Å². The molecule has 2 aliphatic rings. The van der Waals surface area contributed by atoms with Crippen molar-refractivity contribution in [2.24, 2.45) is 5.41 Å². The van der Waals surface area contributed by atoms with Gasteiger partial charge < -0.3 is 14.8 Å². The summed E-state index contributed by atoms with van der Waals surface area (Å²) in [6, 6.07) is 4.08. The van der Waals surface area contributed by atoms with Gasteiger partial charge in [0.05, 0.1) is 11.0 Å². The van der Waals surface area contributed by atoms with Gasteiger partial charge in [0.2, 0.25) is 11.7 Å². The van der Waals surface area contributed by atoms with Crippen molar-refractivity contribution in [2.75, 3.05) is 19.6 Å². The average Bonchev–Trinajstić information content (AvgIpc) is 3.30. The molecule has 1 spiro atoms. The van der Waals surface area contributed by atoms with Crippen LogP contribution in [0.2, 0.25) is 0 Å². The molecule has 2 saturated heterocycles. The number of benzene rings is 1. The minimum atomic E-state index is -4.57. The van der Waals surface area contributed by atoms with Crippen LogP contribution in [0.1, 0.15) is 48.9 Å². The zero-order valence-electron chi connectivity index (χ0n) is 15.6. The van der Waals surface area contributed by atoms with Gasteiger partial charge in [-0.15, -0.1) is 0 Å². The fourth-order valence-corrected chi connectivity index (χ4v) is 4.29. The van der Waals surface area contributed by atoms with E-state index in [2.05, 4.69) is 10.3 Å². The minimum absolute atomic E-state index is 0.00498. The number of aromatic nitrogens is 2. The molecule has 0 bridgehead atoms. The largest absolute Gasteiger partial charge is 0.449 e. The van der Waals surface area contributed by atoms with Gasteiger partial charge >= 0.3 is 6.18 Å². The maximum absolute atomic E-state index is 13.4. The van der Waals surface area contributed by atoms with Crippen molar-refractivity contribution in [3.05, 3.63) is 29.6 Å². The zero-order valence-corrected chi connectivity index (χ0v) is 15.6. The molecule has 2 amide bonds. The molecule has 0 radical (unpaired) electrons. The topological polar surface area (TPSA) is 67.2 Å². The Balaban J connectivity index is 1.65. The summed E-state index contributed by atoms with van der Waals surface area (Å²) in [6.45, 7) is 4.88. The van der Waals surface area contributed by atoms with Gasteiger partial charge in [0.15, 0.2) is 0 Å². The number of nitrogens with one attached hydrogen (secondary N) is 1. The molecule has 1 aromatic heterocycles. The molecule has 1 unspecified atom stereocenters. The van der Waals surface area contributed by atoms with Crippen molar-refractivity contribution < 1.29 is 22.8 Å². The van der Waals surface area contributed by atoms with Crippen LogP contribution in [-0.4, -0.2) is 45.9 Å².